The van der Waals surface area contributed by atoms with Crippen LogP contribution in [-0.4, -0.2) is 29.5 Å². The first-order valence-corrected chi connectivity index (χ1v) is 7.04. The Labute approximate surface area is 133 Å². The van der Waals surface area contributed by atoms with Crippen LogP contribution in [0.4, 0.5) is 0 Å². The minimum Gasteiger partial charge on any atom is -0.496 e. The van der Waals surface area contributed by atoms with Crippen molar-refractivity contribution in [1.82, 2.24) is 9.47 Å². The molecule has 0 fully saturated rings. The molecule has 22 heavy (non-hydrogen) atoms. The molecule has 1 amide bonds. The van der Waals surface area contributed by atoms with Gasteiger partial charge in [-0.15, -0.1) is 0 Å². The molecule has 2 aromatic rings. The zero-order valence-electron chi connectivity index (χ0n) is 12.7. The number of hydrogen-bond acceptors (Lipinski definition) is 3. The molecule has 0 unspecified atom stereocenters. The van der Waals surface area contributed by atoms with Crippen LogP contribution in [0.1, 0.15) is 15.9 Å². The van der Waals surface area contributed by atoms with Gasteiger partial charge in [-0.2, -0.15) is 0 Å². The van der Waals surface area contributed by atoms with Crippen molar-refractivity contribution >= 4 is 17.5 Å². The minimum atomic E-state index is -0.236. The molecular weight excluding hydrogens is 304 g/mol. The maximum Gasteiger partial charge on any atom is 0.254 e. The molecule has 0 bridgehead atoms. The smallest absolute Gasteiger partial charge is 0.254 e. The summed E-state index contributed by atoms with van der Waals surface area (Å²) in [4.78, 5) is 25.5. The molecule has 1 heterocycles. The normalized spacial score (nSPS) is 10.4. The van der Waals surface area contributed by atoms with E-state index in [1.165, 1.54) is 15.5 Å². The van der Waals surface area contributed by atoms with E-state index in [1.54, 1.807) is 51.7 Å². The predicted molar refractivity (Wildman–Crippen MR) is 85.5 cm³/mol. The van der Waals surface area contributed by atoms with E-state index in [-0.39, 0.29) is 11.5 Å². The molecule has 0 saturated carbocycles. The second-order valence-corrected chi connectivity index (χ2v) is 5.42. The summed E-state index contributed by atoms with van der Waals surface area (Å²) in [5.41, 5.74) is 0.931. The molecule has 0 radical (unpaired) electrons. The number of pyridine rings is 1. The lowest BCUT2D eigenvalue weighted by molar-refractivity contribution is 0.0784. The van der Waals surface area contributed by atoms with Crippen LogP contribution in [0.3, 0.4) is 0 Å². The van der Waals surface area contributed by atoms with Gasteiger partial charge in [0.2, 0.25) is 0 Å². The van der Waals surface area contributed by atoms with Gasteiger partial charge >= 0.3 is 0 Å². The summed E-state index contributed by atoms with van der Waals surface area (Å²) in [5, 5.41) is 0.574. The van der Waals surface area contributed by atoms with E-state index in [0.717, 1.165) is 5.56 Å². The molecule has 0 atom stereocenters. The Morgan fingerprint density at radius 3 is 2.68 bits per heavy atom. The van der Waals surface area contributed by atoms with E-state index < -0.39 is 0 Å². The number of aromatic nitrogens is 1. The molecular formula is C16H17ClN2O3. The van der Waals surface area contributed by atoms with E-state index in [9.17, 15) is 9.59 Å². The maximum atomic E-state index is 12.4. The van der Waals surface area contributed by atoms with Gasteiger partial charge < -0.3 is 14.2 Å². The van der Waals surface area contributed by atoms with Gasteiger partial charge in [0.05, 0.1) is 7.11 Å². The molecule has 0 aliphatic carbocycles. The zero-order valence-corrected chi connectivity index (χ0v) is 13.4. The van der Waals surface area contributed by atoms with E-state index in [2.05, 4.69) is 0 Å². The third-order valence-electron chi connectivity index (χ3n) is 3.35. The van der Waals surface area contributed by atoms with Gasteiger partial charge in [0.15, 0.2) is 0 Å². The number of nitrogens with zero attached hydrogens (tertiary/aromatic N) is 2. The molecule has 0 aliphatic heterocycles. The summed E-state index contributed by atoms with van der Waals surface area (Å²) in [6.45, 7) is 0.331. The number of aryl methyl sites for hydroxylation is 1. The Balaban J connectivity index is 2.23. The number of methoxy groups -OCH3 is 1. The summed E-state index contributed by atoms with van der Waals surface area (Å²) in [5.74, 6) is 0.424. The number of carbonyl (C=O) groups is 1. The van der Waals surface area contributed by atoms with Crippen LogP contribution < -0.4 is 10.3 Å². The lowest BCUT2D eigenvalue weighted by atomic mass is 10.1. The van der Waals surface area contributed by atoms with Crippen LogP contribution >= 0.6 is 11.6 Å². The van der Waals surface area contributed by atoms with Crippen molar-refractivity contribution < 1.29 is 9.53 Å². The van der Waals surface area contributed by atoms with Gasteiger partial charge in [0.25, 0.3) is 11.5 Å². The topological polar surface area (TPSA) is 51.5 Å². The molecule has 6 heteroatoms. The fraction of sp³-hybridized carbons (Fsp3) is 0.250. The quantitative estimate of drug-likeness (QED) is 0.868. The van der Waals surface area contributed by atoms with Crippen molar-refractivity contribution in [3.8, 4) is 5.75 Å². The number of hydrogen-bond donors (Lipinski definition) is 0. The van der Waals surface area contributed by atoms with Crippen molar-refractivity contribution in [3.05, 3.63) is 63.0 Å². The average molecular weight is 321 g/mol. The van der Waals surface area contributed by atoms with Crippen molar-refractivity contribution in [2.75, 3.05) is 14.2 Å². The molecule has 0 N–H and O–H groups in total. The molecule has 116 valence electrons. The van der Waals surface area contributed by atoms with Crippen LogP contribution in [0, 0.1) is 0 Å². The standard InChI is InChI=1S/C16H17ClN2O3/c1-18-7-6-11(9-15(18)20)16(21)19(2)10-12-8-13(17)4-5-14(12)22-3/h4-9H,10H2,1-3H3. The first kappa shape index (κ1) is 16.1. The number of carbonyl (C=O) groups excluding carboxylic acids is 1. The Morgan fingerprint density at radius 2 is 2.05 bits per heavy atom. The minimum absolute atomic E-state index is 0.223. The number of ether oxygens (including phenoxy) is 1. The highest BCUT2D eigenvalue weighted by Crippen LogP contribution is 2.24. The molecule has 5 nitrogen and oxygen atoms in total. The summed E-state index contributed by atoms with van der Waals surface area (Å²) in [6.07, 6.45) is 1.57. The van der Waals surface area contributed by atoms with Crippen LogP contribution in [0.5, 0.6) is 5.75 Å². The van der Waals surface area contributed by atoms with Crippen molar-refractivity contribution in [3.63, 3.8) is 0 Å². The van der Waals surface area contributed by atoms with Crippen molar-refractivity contribution in [1.29, 1.82) is 0 Å². The van der Waals surface area contributed by atoms with Gasteiger partial charge in [-0.05, 0) is 24.3 Å². The van der Waals surface area contributed by atoms with Gasteiger partial charge in [0.1, 0.15) is 5.75 Å². The Bertz CT molecular complexity index is 755. The van der Waals surface area contributed by atoms with Crippen molar-refractivity contribution in [2.24, 2.45) is 7.05 Å². The lowest BCUT2D eigenvalue weighted by Gasteiger charge is -2.19. The van der Waals surface area contributed by atoms with Gasteiger partial charge in [-0.3, -0.25) is 9.59 Å². The summed E-state index contributed by atoms with van der Waals surface area (Å²) in [7, 11) is 4.87. The van der Waals surface area contributed by atoms with Gasteiger partial charge in [-0.25, -0.2) is 0 Å². The maximum absolute atomic E-state index is 12.4. The van der Waals surface area contributed by atoms with Crippen molar-refractivity contribution in [2.45, 2.75) is 6.54 Å². The zero-order chi connectivity index (χ0) is 16.3. The van der Waals surface area contributed by atoms with Crippen LogP contribution in [0.25, 0.3) is 0 Å². The Morgan fingerprint density at radius 1 is 1.32 bits per heavy atom. The second kappa shape index (κ2) is 6.66. The fourth-order valence-corrected chi connectivity index (χ4v) is 2.29. The number of halogens is 1. The van der Waals surface area contributed by atoms with Gasteiger partial charge in [0, 0.05) is 49.1 Å². The van der Waals surface area contributed by atoms with Gasteiger partial charge in [-0.1, -0.05) is 11.6 Å². The Kier molecular flexibility index (Phi) is 4.88. The molecule has 1 aromatic carbocycles. The van der Waals surface area contributed by atoms with E-state index in [0.29, 0.717) is 22.9 Å². The number of benzene rings is 1. The third-order valence-corrected chi connectivity index (χ3v) is 3.58. The van der Waals surface area contributed by atoms with Crippen LogP contribution in [0.2, 0.25) is 5.02 Å². The molecule has 0 aliphatic rings. The average Bonchev–Trinajstić information content (AvgIpc) is 2.49. The first-order chi connectivity index (χ1) is 10.4. The Hall–Kier alpha value is -2.27. The van der Waals surface area contributed by atoms with E-state index >= 15 is 0 Å². The van der Waals surface area contributed by atoms with Crippen LogP contribution in [-0.2, 0) is 13.6 Å². The molecule has 2 rings (SSSR count). The fourth-order valence-electron chi connectivity index (χ4n) is 2.10. The molecule has 1 aromatic heterocycles. The number of rotatable bonds is 4. The summed E-state index contributed by atoms with van der Waals surface area (Å²) >= 11 is 5.99. The monoisotopic (exact) mass is 320 g/mol. The second-order valence-electron chi connectivity index (χ2n) is 4.98. The van der Waals surface area contributed by atoms with E-state index in [4.69, 9.17) is 16.3 Å². The first-order valence-electron chi connectivity index (χ1n) is 6.67. The van der Waals surface area contributed by atoms with Crippen LogP contribution in [0.15, 0.2) is 41.3 Å². The summed E-state index contributed by atoms with van der Waals surface area (Å²) in [6, 6.07) is 8.19. The SMILES string of the molecule is COc1ccc(Cl)cc1CN(C)C(=O)c1ccn(C)c(=O)c1. The largest absolute Gasteiger partial charge is 0.496 e. The molecule has 0 saturated heterocycles. The predicted octanol–water partition coefficient (Wildman–Crippen LogP) is 2.32. The number of amides is 1. The molecule has 0 spiro atoms. The summed E-state index contributed by atoms with van der Waals surface area (Å²) < 4.78 is 6.69. The third kappa shape index (κ3) is 3.49. The van der Waals surface area contributed by atoms with E-state index in [1.807, 2.05) is 0 Å². The lowest BCUT2D eigenvalue weighted by Crippen LogP contribution is -2.28. The highest BCUT2D eigenvalue weighted by Gasteiger charge is 2.15. The highest BCUT2D eigenvalue weighted by molar-refractivity contribution is 6.30. The highest BCUT2D eigenvalue weighted by atomic mass is 35.5.